The lowest BCUT2D eigenvalue weighted by Crippen LogP contribution is -2.46. The summed E-state index contributed by atoms with van der Waals surface area (Å²) in [7, 11) is -3.02. The summed E-state index contributed by atoms with van der Waals surface area (Å²) in [4.78, 5) is 12.2. The molecule has 1 fully saturated rings. The highest BCUT2D eigenvalue weighted by Gasteiger charge is 2.39. The van der Waals surface area contributed by atoms with Gasteiger partial charge in [0.25, 0.3) is 5.91 Å². The number of hydrogen-bond donors (Lipinski definition) is 1. The van der Waals surface area contributed by atoms with Crippen molar-refractivity contribution in [2.24, 2.45) is 0 Å². The number of rotatable bonds is 5. The molecule has 0 radical (unpaired) electrons. The number of amides is 1. The molecule has 1 aromatic carbocycles. The van der Waals surface area contributed by atoms with Crippen LogP contribution >= 0.6 is 11.8 Å². The number of carbonyl (C=O) groups excluding carboxylic acids is 1. The number of sulfone groups is 1. The van der Waals surface area contributed by atoms with Crippen LogP contribution in [0.5, 0.6) is 0 Å². The molecule has 21 heavy (non-hydrogen) atoms. The molecule has 1 amide bonds. The molecule has 6 heteroatoms. The fourth-order valence-electron chi connectivity index (χ4n) is 2.43. The van der Waals surface area contributed by atoms with Crippen LogP contribution in [0, 0.1) is 0 Å². The van der Waals surface area contributed by atoms with Gasteiger partial charge in [-0.25, -0.2) is 8.42 Å². The molecule has 2 rings (SSSR count). The van der Waals surface area contributed by atoms with Crippen LogP contribution in [0.25, 0.3) is 0 Å². The molecular weight excluding hydrogens is 306 g/mol. The van der Waals surface area contributed by atoms with Crippen LogP contribution < -0.4 is 5.32 Å². The molecular formula is C15H21NO3S2. The first-order valence-corrected chi connectivity index (χ1v) is 10.0. The maximum Gasteiger partial charge on any atom is 0.251 e. The van der Waals surface area contributed by atoms with Crippen LogP contribution in [0.3, 0.4) is 0 Å². The molecule has 4 nitrogen and oxygen atoms in total. The van der Waals surface area contributed by atoms with E-state index >= 15 is 0 Å². The Morgan fingerprint density at radius 2 is 2.00 bits per heavy atom. The molecule has 1 unspecified atom stereocenters. The van der Waals surface area contributed by atoms with Crippen molar-refractivity contribution in [1.82, 2.24) is 5.32 Å². The number of hydrogen-bond acceptors (Lipinski definition) is 4. The Kier molecular flexibility index (Phi) is 4.99. The van der Waals surface area contributed by atoms with Gasteiger partial charge in [0, 0.05) is 11.3 Å². The average molecular weight is 327 g/mol. The maximum absolute atomic E-state index is 12.2. The molecule has 0 saturated carbocycles. The monoisotopic (exact) mass is 327 g/mol. The van der Waals surface area contributed by atoms with Crippen molar-refractivity contribution in [3.63, 3.8) is 0 Å². The molecule has 1 atom stereocenters. The van der Waals surface area contributed by atoms with Gasteiger partial charge >= 0.3 is 0 Å². The zero-order valence-electron chi connectivity index (χ0n) is 12.4. The molecule has 116 valence electrons. The molecule has 1 aliphatic rings. The minimum Gasteiger partial charge on any atom is -0.346 e. The predicted octanol–water partition coefficient (Wildman–Crippen LogP) is 2.25. The van der Waals surface area contributed by atoms with Gasteiger partial charge < -0.3 is 5.32 Å². The van der Waals surface area contributed by atoms with E-state index in [1.165, 1.54) is 5.56 Å². The van der Waals surface area contributed by atoms with Crippen LogP contribution in [-0.2, 0) is 15.6 Å². The Hall–Kier alpha value is -1.01. The third kappa shape index (κ3) is 4.48. The van der Waals surface area contributed by atoms with Gasteiger partial charge in [-0.2, -0.15) is 11.8 Å². The first kappa shape index (κ1) is 16.4. The van der Waals surface area contributed by atoms with E-state index in [-0.39, 0.29) is 17.4 Å². The topological polar surface area (TPSA) is 63.2 Å². The third-order valence-electron chi connectivity index (χ3n) is 3.61. The SMILES string of the molecule is CCSCc1ccc(C(=O)NC2(C)CCS(=O)(=O)C2)cc1. The predicted molar refractivity (Wildman–Crippen MR) is 87.4 cm³/mol. The van der Waals surface area contributed by atoms with E-state index in [2.05, 4.69) is 12.2 Å². The highest BCUT2D eigenvalue weighted by molar-refractivity contribution is 7.98. The van der Waals surface area contributed by atoms with Crippen LogP contribution in [0.2, 0.25) is 0 Å². The summed E-state index contributed by atoms with van der Waals surface area (Å²) in [5, 5.41) is 2.87. The van der Waals surface area contributed by atoms with Gasteiger partial charge in [-0.05, 0) is 36.8 Å². The van der Waals surface area contributed by atoms with Crippen molar-refractivity contribution in [2.45, 2.75) is 31.6 Å². The van der Waals surface area contributed by atoms with Gasteiger partial charge in [0.15, 0.2) is 9.84 Å². The van der Waals surface area contributed by atoms with Crippen molar-refractivity contribution in [3.05, 3.63) is 35.4 Å². The lowest BCUT2D eigenvalue weighted by molar-refractivity contribution is 0.0915. The van der Waals surface area contributed by atoms with Crippen molar-refractivity contribution < 1.29 is 13.2 Å². The Morgan fingerprint density at radius 1 is 1.33 bits per heavy atom. The van der Waals surface area contributed by atoms with Crippen molar-refractivity contribution in [3.8, 4) is 0 Å². The normalized spacial score (nSPS) is 23.9. The van der Waals surface area contributed by atoms with E-state index in [4.69, 9.17) is 0 Å². The summed E-state index contributed by atoms with van der Waals surface area (Å²) in [5.74, 6) is 1.97. The number of thioether (sulfide) groups is 1. The van der Waals surface area contributed by atoms with Crippen molar-refractivity contribution >= 4 is 27.5 Å². The van der Waals surface area contributed by atoms with Crippen LogP contribution in [0.15, 0.2) is 24.3 Å². The molecule has 0 aliphatic carbocycles. The summed E-state index contributed by atoms with van der Waals surface area (Å²) < 4.78 is 23.1. The van der Waals surface area contributed by atoms with Crippen LogP contribution in [0.1, 0.15) is 36.2 Å². The van der Waals surface area contributed by atoms with Gasteiger partial charge in [-0.3, -0.25) is 4.79 Å². The lowest BCUT2D eigenvalue weighted by Gasteiger charge is -2.23. The van der Waals surface area contributed by atoms with E-state index in [1.54, 1.807) is 19.1 Å². The van der Waals surface area contributed by atoms with E-state index < -0.39 is 15.4 Å². The first-order valence-electron chi connectivity index (χ1n) is 7.03. The highest BCUT2D eigenvalue weighted by Crippen LogP contribution is 2.23. The summed E-state index contributed by atoms with van der Waals surface area (Å²) in [6.45, 7) is 3.91. The Bertz CT molecular complexity index is 610. The zero-order valence-corrected chi connectivity index (χ0v) is 14.0. The molecule has 0 spiro atoms. The standard InChI is InChI=1S/C15H21NO3S2/c1-3-20-10-12-4-6-13(7-5-12)14(17)16-15(2)8-9-21(18,19)11-15/h4-7H,3,8-11H2,1-2H3,(H,16,17). The van der Waals surface area contributed by atoms with Crippen LogP contribution in [0.4, 0.5) is 0 Å². The first-order chi connectivity index (χ1) is 9.84. The zero-order chi connectivity index (χ0) is 15.5. The second-order valence-electron chi connectivity index (χ2n) is 5.69. The molecule has 1 saturated heterocycles. The van der Waals surface area contributed by atoms with Gasteiger partial charge in [0.1, 0.15) is 0 Å². The second kappa shape index (κ2) is 6.40. The summed E-state index contributed by atoms with van der Waals surface area (Å²) in [6.07, 6.45) is 0.478. The Balaban J connectivity index is 2.00. The fourth-order valence-corrected chi connectivity index (χ4v) is 5.15. The quantitative estimate of drug-likeness (QED) is 0.901. The van der Waals surface area contributed by atoms with Crippen LogP contribution in [-0.4, -0.2) is 37.1 Å². The molecule has 1 aromatic rings. The van der Waals surface area contributed by atoms with E-state index in [1.807, 2.05) is 23.9 Å². The van der Waals surface area contributed by atoms with E-state index in [0.717, 1.165) is 11.5 Å². The van der Waals surface area contributed by atoms with Crippen molar-refractivity contribution in [2.75, 3.05) is 17.3 Å². The summed E-state index contributed by atoms with van der Waals surface area (Å²) in [6, 6.07) is 7.50. The second-order valence-corrected chi connectivity index (χ2v) is 9.15. The van der Waals surface area contributed by atoms with E-state index in [9.17, 15) is 13.2 Å². The Morgan fingerprint density at radius 3 is 2.52 bits per heavy atom. The van der Waals surface area contributed by atoms with Gasteiger partial charge in [-0.15, -0.1) is 0 Å². The third-order valence-corrected chi connectivity index (χ3v) is 6.46. The molecule has 0 bridgehead atoms. The number of nitrogens with one attached hydrogen (secondary N) is 1. The molecule has 0 aromatic heterocycles. The van der Waals surface area contributed by atoms with Gasteiger partial charge in [-0.1, -0.05) is 19.1 Å². The molecule has 1 aliphatic heterocycles. The molecule has 1 N–H and O–H groups in total. The summed E-state index contributed by atoms with van der Waals surface area (Å²) >= 11 is 1.83. The smallest absolute Gasteiger partial charge is 0.251 e. The highest BCUT2D eigenvalue weighted by atomic mass is 32.2. The summed E-state index contributed by atoms with van der Waals surface area (Å²) in [5.41, 5.74) is 1.12. The number of carbonyl (C=O) groups is 1. The maximum atomic E-state index is 12.2. The average Bonchev–Trinajstić information content (AvgIpc) is 2.70. The minimum atomic E-state index is -3.02. The Labute approximate surface area is 130 Å². The van der Waals surface area contributed by atoms with E-state index in [0.29, 0.717) is 12.0 Å². The fraction of sp³-hybridized carbons (Fsp3) is 0.533. The minimum absolute atomic E-state index is 0.0248. The lowest BCUT2D eigenvalue weighted by atomic mass is 10.0. The van der Waals surface area contributed by atoms with Crippen molar-refractivity contribution in [1.29, 1.82) is 0 Å². The largest absolute Gasteiger partial charge is 0.346 e. The molecule has 1 heterocycles. The number of benzene rings is 1. The van der Waals surface area contributed by atoms with Gasteiger partial charge in [0.05, 0.1) is 17.0 Å². The van der Waals surface area contributed by atoms with Gasteiger partial charge in [0.2, 0.25) is 0 Å².